The molecule has 0 amide bonds. The first-order chi connectivity index (χ1) is 9.43. The van der Waals surface area contributed by atoms with Crippen molar-refractivity contribution in [2.24, 2.45) is 0 Å². The van der Waals surface area contributed by atoms with Crippen LogP contribution in [0.15, 0.2) is 18.2 Å². The average Bonchev–Trinajstić information content (AvgIpc) is 2.37. The Balaban J connectivity index is 2.19. The molecule has 1 heterocycles. The van der Waals surface area contributed by atoms with Crippen molar-refractivity contribution in [2.45, 2.75) is 45.1 Å². The molecular formula is C15H21F3N2. The van der Waals surface area contributed by atoms with E-state index < -0.39 is 12.7 Å². The molecule has 2 nitrogen and oxygen atoms in total. The van der Waals surface area contributed by atoms with Crippen molar-refractivity contribution in [3.8, 4) is 0 Å². The molecule has 0 saturated heterocycles. The summed E-state index contributed by atoms with van der Waals surface area (Å²) in [5.74, 6) is 0. The molecule has 1 unspecified atom stereocenters. The molecule has 1 aliphatic rings. The Morgan fingerprint density at radius 1 is 1.30 bits per heavy atom. The van der Waals surface area contributed by atoms with E-state index in [-0.39, 0.29) is 6.04 Å². The Bertz CT molecular complexity index is 457. The van der Waals surface area contributed by atoms with Gasteiger partial charge in [-0.05, 0) is 36.6 Å². The van der Waals surface area contributed by atoms with Crippen molar-refractivity contribution in [3.05, 3.63) is 34.9 Å². The third-order valence-electron chi connectivity index (χ3n) is 3.85. The zero-order valence-corrected chi connectivity index (χ0v) is 11.9. The minimum absolute atomic E-state index is 0.0195. The quantitative estimate of drug-likeness (QED) is 0.915. The van der Waals surface area contributed by atoms with E-state index in [4.69, 9.17) is 0 Å². The molecule has 0 saturated carbocycles. The van der Waals surface area contributed by atoms with Crippen molar-refractivity contribution in [1.82, 2.24) is 10.2 Å². The largest absolute Gasteiger partial charge is 0.401 e. The Labute approximate surface area is 118 Å². The van der Waals surface area contributed by atoms with Crippen LogP contribution in [0.3, 0.4) is 0 Å². The van der Waals surface area contributed by atoms with Crippen LogP contribution >= 0.6 is 0 Å². The van der Waals surface area contributed by atoms with E-state index in [0.29, 0.717) is 13.0 Å². The van der Waals surface area contributed by atoms with Crippen LogP contribution in [0.25, 0.3) is 0 Å². The molecule has 1 atom stereocenters. The first kappa shape index (κ1) is 15.3. The third kappa shape index (κ3) is 3.73. The molecule has 0 fully saturated rings. The van der Waals surface area contributed by atoms with Gasteiger partial charge in [-0.25, -0.2) is 0 Å². The van der Waals surface area contributed by atoms with Crippen molar-refractivity contribution in [1.29, 1.82) is 0 Å². The minimum Gasteiger partial charge on any atom is -0.316 e. The Morgan fingerprint density at radius 2 is 2.05 bits per heavy atom. The number of fused-ring (bicyclic) bond motifs is 1. The molecule has 1 aromatic carbocycles. The number of nitrogens with zero attached hydrogens (tertiary/aromatic N) is 1. The van der Waals surface area contributed by atoms with Crippen molar-refractivity contribution >= 4 is 0 Å². The van der Waals surface area contributed by atoms with Crippen LogP contribution in [0, 0.1) is 0 Å². The zero-order valence-electron chi connectivity index (χ0n) is 11.9. The predicted octanol–water partition coefficient (Wildman–Crippen LogP) is 3.11. The van der Waals surface area contributed by atoms with Gasteiger partial charge in [0.2, 0.25) is 0 Å². The number of hydrogen-bond acceptors (Lipinski definition) is 2. The number of rotatable bonds is 4. The summed E-state index contributed by atoms with van der Waals surface area (Å²) in [5.41, 5.74) is 3.41. The van der Waals surface area contributed by atoms with E-state index in [9.17, 15) is 13.2 Å². The van der Waals surface area contributed by atoms with E-state index in [1.807, 2.05) is 26.1 Å². The van der Waals surface area contributed by atoms with Crippen molar-refractivity contribution in [3.63, 3.8) is 0 Å². The second-order valence-corrected chi connectivity index (χ2v) is 5.42. The molecule has 0 spiro atoms. The van der Waals surface area contributed by atoms with Crippen molar-refractivity contribution in [2.75, 3.05) is 13.6 Å². The highest BCUT2D eigenvalue weighted by Crippen LogP contribution is 2.29. The maximum Gasteiger partial charge on any atom is 0.401 e. The first-order valence-electron chi connectivity index (χ1n) is 6.99. The molecule has 5 heteroatoms. The van der Waals surface area contributed by atoms with Gasteiger partial charge in [0.05, 0.1) is 6.54 Å². The monoisotopic (exact) mass is 286 g/mol. The average molecular weight is 286 g/mol. The third-order valence-corrected chi connectivity index (χ3v) is 3.85. The normalized spacial score (nSPS) is 19.9. The van der Waals surface area contributed by atoms with E-state index in [1.165, 1.54) is 11.1 Å². The van der Waals surface area contributed by atoms with Crippen LogP contribution in [0.2, 0.25) is 0 Å². The molecule has 1 N–H and O–H groups in total. The molecule has 0 aliphatic carbocycles. The predicted molar refractivity (Wildman–Crippen MR) is 73.5 cm³/mol. The van der Waals surface area contributed by atoms with Crippen LogP contribution in [-0.4, -0.2) is 30.7 Å². The fourth-order valence-corrected chi connectivity index (χ4v) is 2.89. The van der Waals surface area contributed by atoms with E-state index in [1.54, 1.807) is 4.90 Å². The second-order valence-electron chi connectivity index (χ2n) is 5.42. The lowest BCUT2D eigenvalue weighted by Gasteiger charge is -2.37. The highest BCUT2D eigenvalue weighted by atomic mass is 19.4. The molecular weight excluding hydrogens is 265 g/mol. The molecule has 0 radical (unpaired) electrons. The van der Waals surface area contributed by atoms with Crippen LogP contribution in [-0.2, 0) is 19.5 Å². The van der Waals surface area contributed by atoms with Gasteiger partial charge in [-0.2, -0.15) is 13.2 Å². The number of halogens is 3. The number of hydrogen-bond donors (Lipinski definition) is 1. The first-order valence-corrected chi connectivity index (χ1v) is 6.99. The maximum absolute atomic E-state index is 12.6. The Kier molecular flexibility index (Phi) is 4.70. The smallest absolute Gasteiger partial charge is 0.316 e. The molecule has 20 heavy (non-hydrogen) atoms. The second kappa shape index (κ2) is 6.14. The maximum atomic E-state index is 12.6. The van der Waals surface area contributed by atoms with Crippen LogP contribution in [0.4, 0.5) is 13.2 Å². The summed E-state index contributed by atoms with van der Waals surface area (Å²) in [7, 11) is 1.89. The number of nitrogens with one attached hydrogen (secondary N) is 1. The van der Waals surface area contributed by atoms with Gasteiger partial charge in [-0.15, -0.1) is 0 Å². The summed E-state index contributed by atoms with van der Waals surface area (Å²) >= 11 is 0. The highest BCUT2D eigenvalue weighted by molar-refractivity contribution is 5.34. The summed E-state index contributed by atoms with van der Waals surface area (Å²) in [5, 5.41) is 3.10. The number of benzene rings is 1. The lowest BCUT2D eigenvalue weighted by atomic mass is 9.91. The lowest BCUT2D eigenvalue weighted by Crippen LogP contribution is -2.44. The fourth-order valence-electron chi connectivity index (χ4n) is 2.89. The van der Waals surface area contributed by atoms with Gasteiger partial charge in [0.15, 0.2) is 0 Å². The van der Waals surface area contributed by atoms with Gasteiger partial charge in [0.1, 0.15) is 0 Å². The van der Waals surface area contributed by atoms with Crippen molar-refractivity contribution < 1.29 is 13.2 Å². The zero-order chi connectivity index (χ0) is 14.8. The summed E-state index contributed by atoms with van der Waals surface area (Å²) in [4.78, 5) is 1.56. The topological polar surface area (TPSA) is 15.3 Å². The van der Waals surface area contributed by atoms with Gasteiger partial charge in [-0.1, -0.05) is 25.1 Å². The summed E-state index contributed by atoms with van der Waals surface area (Å²) in [6.07, 6.45) is -2.68. The summed E-state index contributed by atoms with van der Waals surface area (Å²) in [6.45, 7) is 2.32. The minimum atomic E-state index is -4.13. The molecule has 112 valence electrons. The molecule has 0 aromatic heterocycles. The molecule has 1 aliphatic heterocycles. The Morgan fingerprint density at radius 3 is 2.65 bits per heavy atom. The van der Waals surface area contributed by atoms with Crippen LogP contribution < -0.4 is 5.32 Å². The standard InChI is InChI=1S/C15H21F3N2/c1-3-14-7-13-6-11(8-19-2)4-5-12(13)9-20(14)10-15(16,17)18/h4-6,14,19H,3,7-10H2,1-2H3. The van der Waals surface area contributed by atoms with E-state index >= 15 is 0 Å². The van der Waals surface area contributed by atoms with Gasteiger partial charge in [0, 0.05) is 19.1 Å². The summed E-state index contributed by atoms with van der Waals surface area (Å²) < 4.78 is 37.9. The molecule has 2 rings (SSSR count). The van der Waals surface area contributed by atoms with Gasteiger partial charge >= 0.3 is 6.18 Å². The summed E-state index contributed by atoms with van der Waals surface area (Å²) in [6, 6.07) is 6.07. The molecule has 1 aromatic rings. The highest BCUT2D eigenvalue weighted by Gasteiger charge is 2.35. The van der Waals surface area contributed by atoms with E-state index in [2.05, 4.69) is 11.4 Å². The van der Waals surface area contributed by atoms with Crippen LogP contribution in [0.1, 0.15) is 30.0 Å². The lowest BCUT2D eigenvalue weighted by molar-refractivity contribution is -0.153. The fraction of sp³-hybridized carbons (Fsp3) is 0.600. The van der Waals surface area contributed by atoms with Gasteiger partial charge < -0.3 is 5.32 Å². The Hall–Kier alpha value is -1.07. The SMILES string of the molecule is CCC1Cc2cc(CNC)ccc2CN1CC(F)(F)F. The van der Waals surface area contributed by atoms with Gasteiger partial charge in [-0.3, -0.25) is 4.90 Å². The van der Waals surface area contributed by atoms with Gasteiger partial charge in [0.25, 0.3) is 0 Å². The molecule has 0 bridgehead atoms. The van der Waals surface area contributed by atoms with Crippen LogP contribution in [0.5, 0.6) is 0 Å². The number of alkyl halides is 3. The van der Waals surface area contributed by atoms with E-state index in [0.717, 1.165) is 18.5 Å².